The van der Waals surface area contributed by atoms with E-state index >= 15 is 0 Å². The molecule has 5 nitrogen and oxygen atoms in total. The quantitative estimate of drug-likeness (QED) is 0.865. The molecule has 0 fully saturated rings. The average molecular weight is 327 g/mol. The maximum atomic E-state index is 12.0. The molecule has 1 aromatic carbocycles. The zero-order valence-corrected chi connectivity index (χ0v) is 13.2. The van der Waals surface area contributed by atoms with Gasteiger partial charge in [0.1, 0.15) is 11.5 Å². The molecule has 0 radical (unpaired) electrons. The highest BCUT2D eigenvalue weighted by Gasteiger charge is 2.34. The lowest BCUT2D eigenvalue weighted by Gasteiger charge is -2.30. The Kier molecular flexibility index (Phi) is 4.45. The highest BCUT2D eigenvalue weighted by Crippen LogP contribution is 2.48. The second kappa shape index (κ2) is 6.34. The molecule has 0 bridgehead atoms. The number of carbonyl (C=O) groups excluding carboxylic acids is 1. The van der Waals surface area contributed by atoms with Crippen LogP contribution >= 0.6 is 11.6 Å². The molecule has 0 spiro atoms. The lowest BCUT2D eigenvalue weighted by atomic mass is 9.90. The third-order valence-corrected chi connectivity index (χ3v) is 4.40. The Bertz CT molecular complexity index is 562. The van der Waals surface area contributed by atoms with E-state index in [0.717, 1.165) is 30.4 Å². The molecule has 2 heterocycles. The molecule has 1 atom stereocenters. The Morgan fingerprint density at radius 1 is 1.23 bits per heavy atom. The minimum atomic E-state index is -1.38. The Morgan fingerprint density at radius 3 is 2.55 bits per heavy atom. The minimum Gasteiger partial charge on any atom is -0.493 e. The van der Waals surface area contributed by atoms with Crippen molar-refractivity contribution >= 4 is 17.6 Å². The number of ether oxygens (including phenoxy) is 3. The number of carbonyl (C=O) groups is 1. The van der Waals surface area contributed by atoms with Gasteiger partial charge in [0.25, 0.3) is 0 Å². The normalized spacial score (nSPS) is 17.6. The van der Waals surface area contributed by atoms with Gasteiger partial charge in [0.05, 0.1) is 24.8 Å². The van der Waals surface area contributed by atoms with Crippen molar-refractivity contribution in [2.75, 3.05) is 19.8 Å². The number of hydrogen-bond acceptors (Lipinski definition) is 5. The van der Waals surface area contributed by atoms with Gasteiger partial charge in [-0.1, -0.05) is 11.6 Å². The summed E-state index contributed by atoms with van der Waals surface area (Å²) in [4.78, 5) is 12.0. The highest BCUT2D eigenvalue weighted by molar-refractivity contribution is 6.33. The van der Waals surface area contributed by atoms with E-state index in [1.807, 2.05) is 0 Å². The van der Waals surface area contributed by atoms with Crippen LogP contribution in [0.1, 0.15) is 42.6 Å². The summed E-state index contributed by atoms with van der Waals surface area (Å²) in [6, 6.07) is 0. The summed E-state index contributed by atoms with van der Waals surface area (Å²) in [6.45, 7) is 3.05. The molecule has 0 aliphatic carbocycles. The first-order chi connectivity index (χ1) is 10.6. The van der Waals surface area contributed by atoms with Crippen LogP contribution in [0.5, 0.6) is 11.5 Å². The van der Waals surface area contributed by atoms with Crippen LogP contribution in [-0.4, -0.2) is 30.9 Å². The summed E-state index contributed by atoms with van der Waals surface area (Å²) < 4.78 is 16.4. The second-order valence-electron chi connectivity index (χ2n) is 5.40. The molecule has 0 aromatic heterocycles. The van der Waals surface area contributed by atoms with Crippen LogP contribution in [0.15, 0.2) is 0 Å². The first-order valence-corrected chi connectivity index (χ1v) is 8.00. The van der Waals surface area contributed by atoms with E-state index in [9.17, 15) is 9.90 Å². The smallest absolute Gasteiger partial charge is 0.339 e. The lowest BCUT2D eigenvalue weighted by molar-refractivity contribution is -0.153. The van der Waals surface area contributed by atoms with E-state index in [0.29, 0.717) is 41.7 Å². The zero-order chi connectivity index (χ0) is 15.7. The first kappa shape index (κ1) is 15.4. The van der Waals surface area contributed by atoms with E-state index in [2.05, 4.69) is 0 Å². The van der Waals surface area contributed by atoms with Gasteiger partial charge < -0.3 is 19.3 Å². The summed E-state index contributed by atoms with van der Waals surface area (Å²) in [5, 5.41) is 11.0. The highest BCUT2D eigenvalue weighted by atomic mass is 35.5. The molecule has 3 rings (SSSR count). The second-order valence-corrected chi connectivity index (χ2v) is 5.78. The standard InChI is InChI=1S/C16H19ClO5/c1-2-20-16(19)13(18)11-9-5-3-8-22-15(9)12(17)10-6-4-7-21-14(10)11/h13,18H,2-8H2,1H3. The third-order valence-electron chi connectivity index (χ3n) is 4.00. The van der Waals surface area contributed by atoms with Gasteiger partial charge in [0.15, 0.2) is 6.10 Å². The summed E-state index contributed by atoms with van der Waals surface area (Å²) in [6.07, 6.45) is 1.72. The van der Waals surface area contributed by atoms with E-state index in [1.165, 1.54) is 0 Å². The van der Waals surface area contributed by atoms with Gasteiger partial charge in [0.2, 0.25) is 0 Å². The SMILES string of the molecule is CCOC(=O)C(O)c1c2c(c(Cl)c3c1OCCC3)OCCC2. The Balaban J connectivity index is 2.16. The van der Waals surface area contributed by atoms with Crippen LogP contribution in [-0.2, 0) is 22.4 Å². The van der Waals surface area contributed by atoms with Crippen molar-refractivity contribution in [3.63, 3.8) is 0 Å². The number of benzene rings is 1. The fourth-order valence-corrected chi connectivity index (χ4v) is 3.40. The van der Waals surface area contributed by atoms with Crippen LogP contribution in [0.25, 0.3) is 0 Å². The predicted octanol–water partition coefficient (Wildman–Crippen LogP) is 2.59. The van der Waals surface area contributed by atoms with Gasteiger partial charge in [0, 0.05) is 16.7 Å². The Hall–Kier alpha value is -1.46. The molecular formula is C16H19ClO5. The van der Waals surface area contributed by atoms with Crippen molar-refractivity contribution in [2.24, 2.45) is 0 Å². The monoisotopic (exact) mass is 326 g/mol. The molecule has 0 saturated carbocycles. The molecule has 0 amide bonds. The van der Waals surface area contributed by atoms with Gasteiger partial charge in [-0.05, 0) is 32.6 Å². The van der Waals surface area contributed by atoms with Gasteiger partial charge in [-0.2, -0.15) is 0 Å². The van der Waals surface area contributed by atoms with Crippen molar-refractivity contribution in [2.45, 2.75) is 38.7 Å². The summed E-state index contributed by atoms with van der Waals surface area (Å²) >= 11 is 6.46. The van der Waals surface area contributed by atoms with Gasteiger partial charge in [-0.25, -0.2) is 4.79 Å². The van der Waals surface area contributed by atoms with E-state index in [-0.39, 0.29) is 6.61 Å². The van der Waals surface area contributed by atoms with E-state index in [4.69, 9.17) is 25.8 Å². The van der Waals surface area contributed by atoms with Crippen LogP contribution in [0.4, 0.5) is 0 Å². The van der Waals surface area contributed by atoms with Crippen LogP contribution in [0, 0.1) is 0 Å². The maximum absolute atomic E-state index is 12.0. The van der Waals surface area contributed by atoms with Crippen LogP contribution < -0.4 is 9.47 Å². The lowest BCUT2D eigenvalue weighted by Crippen LogP contribution is -2.23. The molecule has 1 unspecified atom stereocenters. The summed E-state index contributed by atoms with van der Waals surface area (Å²) in [5.74, 6) is 0.436. The Labute approximate surface area is 134 Å². The molecule has 22 heavy (non-hydrogen) atoms. The van der Waals surface area contributed by atoms with Crippen LogP contribution in [0.2, 0.25) is 5.02 Å². The molecule has 0 saturated heterocycles. The molecule has 1 N–H and O–H groups in total. The third kappa shape index (κ3) is 2.52. The number of aliphatic hydroxyl groups excluding tert-OH is 1. The predicted molar refractivity (Wildman–Crippen MR) is 80.7 cm³/mol. The number of esters is 1. The maximum Gasteiger partial charge on any atom is 0.339 e. The Morgan fingerprint density at radius 2 is 1.86 bits per heavy atom. The zero-order valence-electron chi connectivity index (χ0n) is 12.5. The number of rotatable bonds is 3. The minimum absolute atomic E-state index is 0.214. The average Bonchev–Trinajstić information content (AvgIpc) is 2.55. The van der Waals surface area contributed by atoms with Crippen molar-refractivity contribution in [1.29, 1.82) is 0 Å². The van der Waals surface area contributed by atoms with Crippen molar-refractivity contribution in [3.05, 3.63) is 21.7 Å². The largest absolute Gasteiger partial charge is 0.493 e. The molecular weight excluding hydrogens is 308 g/mol. The molecule has 1 aromatic rings. The fourth-order valence-electron chi connectivity index (χ4n) is 3.05. The number of hydrogen-bond donors (Lipinski definition) is 1. The number of aliphatic hydroxyl groups is 1. The summed E-state index contributed by atoms with van der Waals surface area (Å²) in [5.41, 5.74) is 2.04. The van der Waals surface area contributed by atoms with Gasteiger partial charge >= 0.3 is 5.97 Å². The summed E-state index contributed by atoms with van der Waals surface area (Å²) in [7, 11) is 0. The number of halogens is 1. The van der Waals surface area contributed by atoms with Gasteiger partial charge in [-0.15, -0.1) is 0 Å². The molecule has 2 aliphatic heterocycles. The van der Waals surface area contributed by atoms with Gasteiger partial charge in [-0.3, -0.25) is 0 Å². The first-order valence-electron chi connectivity index (χ1n) is 7.62. The topological polar surface area (TPSA) is 65.0 Å². The van der Waals surface area contributed by atoms with Crippen LogP contribution in [0.3, 0.4) is 0 Å². The fraction of sp³-hybridized carbons (Fsp3) is 0.562. The number of fused-ring (bicyclic) bond motifs is 2. The molecule has 120 valence electrons. The van der Waals surface area contributed by atoms with Crippen molar-refractivity contribution in [3.8, 4) is 11.5 Å². The molecule has 6 heteroatoms. The van der Waals surface area contributed by atoms with Crippen molar-refractivity contribution < 1.29 is 24.1 Å². The van der Waals surface area contributed by atoms with E-state index in [1.54, 1.807) is 6.92 Å². The molecule has 2 aliphatic rings. The van der Waals surface area contributed by atoms with Crippen molar-refractivity contribution in [1.82, 2.24) is 0 Å². The van der Waals surface area contributed by atoms with E-state index < -0.39 is 12.1 Å².